The number of hydrogen-bond acceptors (Lipinski definition) is 5. The van der Waals surface area contributed by atoms with Crippen molar-refractivity contribution >= 4 is 35.1 Å². The molecule has 0 saturated carbocycles. The number of carboxylic acids is 1. The summed E-state index contributed by atoms with van der Waals surface area (Å²) in [7, 11) is 0. The van der Waals surface area contributed by atoms with E-state index >= 15 is 0 Å². The molecular formula is C20H17ClN2O5. The van der Waals surface area contributed by atoms with Crippen molar-refractivity contribution < 1.29 is 24.6 Å². The molecule has 0 spiro atoms. The minimum Gasteiger partial charge on any atom is -0.508 e. The number of rotatable bonds is 3. The van der Waals surface area contributed by atoms with E-state index in [1.165, 1.54) is 13.0 Å². The average molecular weight is 401 g/mol. The van der Waals surface area contributed by atoms with Crippen LogP contribution in [-0.2, 0) is 14.4 Å². The number of carboxylic acid groups (broad SMARTS) is 1. The number of carbonyl (C=O) groups excluding carboxylic acids is 2. The van der Waals surface area contributed by atoms with E-state index in [-0.39, 0.29) is 5.75 Å². The zero-order valence-electron chi connectivity index (χ0n) is 14.8. The van der Waals surface area contributed by atoms with E-state index in [0.717, 1.165) is 4.90 Å². The third-order valence-electron chi connectivity index (χ3n) is 5.59. The second-order valence-corrected chi connectivity index (χ2v) is 7.62. The van der Waals surface area contributed by atoms with Gasteiger partial charge >= 0.3 is 5.97 Å². The smallest absolute Gasteiger partial charge is 0.324 e. The van der Waals surface area contributed by atoms with Crippen molar-refractivity contribution in [3.8, 4) is 5.75 Å². The summed E-state index contributed by atoms with van der Waals surface area (Å²) in [6.45, 7) is 1.39. The number of amides is 2. The van der Waals surface area contributed by atoms with Crippen molar-refractivity contribution in [1.29, 1.82) is 0 Å². The van der Waals surface area contributed by atoms with Crippen LogP contribution in [-0.4, -0.2) is 33.5 Å². The quantitative estimate of drug-likeness (QED) is 0.683. The Morgan fingerprint density at radius 1 is 1.11 bits per heavy atom. The number of halogens is 1. The molecule has 0 aliphatic carbocycles. The largest absolute Gasteiger partial charge is 0.508 e. The number of imide groups is 1. The summed E-state index contributed by atoms with van der Waals surface area (Å²) >= 11 is 5.89. The van der Waals surface area contributed by atoms with Crippen molar-refractivity contribution in [2.24, 2.45) is 11.8 Å². The van der Waals surface area contributed by atoms with Crippen LogP contribution >= 0.6 is 11.6 Å². The lowest BCUT2D eigenvalue weighted by molar-refractivity contribution is -0.147. The molecule has 2 heterocycles. The second-order valence-electron chi connectivity index (χ2n) is 7.18. The number of para-hydroxylation sites is 1. The predicted octanol–water partition coefficient (Wildman–Crippen LogP) is 2.34. The highest BCUT2D eigenvalue weighted by atomic mass is 35.5. The Bertz CT molecular complexity index is 992. The molecule has 2 aliphatic rings. The molecule has 144 valence electrons. The van der Waals surface area contributed by atoms with Crippen molar-refractivity contribution in [2.45, 2.75) is 18.5 Å². The number of fused-ring (bicyclic) bond motifs is 1. The van der Waals surface area contributed by atoms with Crippen molar-refractivity contribution in [2.75, 3.05) is 4.90 Å². The maximum atomic E-state index is 13.2. The number of nitrogens with zero attached hydrogens (tertiary/aromatic N) is 1. The highest BCUT2D eigenvalue weighted by molar-refractivity contribution is 6.31. The third-order valence-corrected chi connectivity index (χ3v) is 5.84. The molecule has 3 N–H and O–H groups in total. The van der Waals surface area contributed by atoms with Gasteiger partial charge in [-0.3, -0.25) is 19.7 Å². The molecule has 28 heavy (non-hydrogen) atoms. The minimum atomic E-state index is -1.66. The fourth-order valence-electron chi connectivity index (χ4n) is 4.20. The molecule has 0 radical (unpaired) electrons. The highest BCUT2D eigenvalue weighted by Gasteiger charge is 2.67. The Balaban J connectivity index is 1.84. The highest BCUT2D eigenvalue weighted by Crippen LogP contribution is 2.50. The number of aliphatic carboxylic acids is 1. The first-order valence-electron chi connectivity index (χ1n) is 8.68. The first kappa shape index (κ1) is 18.5. The van der Waals surface area contributed by atoms with Crippen LogP contribution in [0, 0.1) is 11.8 Å². The van der Waals surface area contributed by atoms with E-state index < -0.39 is 41.2 Å². The number of nitrogens with one attached hydrogen (secondary N) is 1. The molecule has 2 aliphatic heterocycles. The fraction of sp³-hybridized carbons (Fsp3) is 0.250. The Morgan fingerprint density at radius 3 is 2.36 bits per heavy atom. The standard InChI is InChI=1S/C20H17ClN2O5/c1-20(19(27)28)15-14(16(22-20)12-4-2-3-5-13(12)24)17(25)23(18(15)26)11-8-6-10(21)7-9-11/h2-9,14-16,22,24H,1H3,(H,27,28)/t14-,15-,16+,20-/m0/s1. The molecule has 0 aromatic heterocycles. The van der Waals surface area contributed by atoms with Gasteiger partial charge in [0.25, 0.3) is 0 Å². The van der Waals surface area contributed by atoms with Gasteiger partial charge in [0.05, 0.1) is 17.5 Å². The number of benzene rings is 2. The lowest BCUT2D eigenvalue weighted by Crippen LogP contribution is -2.53. The van der Waals surface area contributed by atoms with Gasteiger partial charge in [-0.2, -0.15) is 0 Å². The van der Waals surface area contributed by atoms with Crippen LogP contribution < -0.4 is 10.2 Å². The summed E-state index contributed by atoms with van der Waals surface area (Å²) < 4.78 is 0. The Hall–Kier alpha value is -2.90. The Morgan fingerprint density at radius 2 is 1.75 bits per heavy atom. The van der Waals surface area contributed by atoms with Crippen molar-refractivity contribution in [3.63, 3.8) is 0 Å². The summed E-state index contributed by atoms with van der Waals surface area (Å²) in [5, 5.41) is 23.4. The van der Waals surface area contributed by atoms with Crippen LogP contribution in [0.2, 0.25) is 5.02 Å². The fourth-order valence-corrected chi connectivity index (χ4v) is 4.32. The Labute approximate surface area is 165 Å². The first-order valence-corrected chi connectivity index (χ1v) is 9.06. The number of anilines is 1. The molecule has 4 atom stereocenters. The van der Waals surface area contributed by atoms with Crippen molar-refractivity contribution in [3.05, 3.63) is 59.1 Å². The third kappa shape index (κ3) is 2.51. The number of carbonyl (C=O) groups is 3. The van der Waals surface area contributed by atoms with E-state index in [2.05, 4.69) is 5.32 Å². The zero-order chi connectivity index (χ0) is 20.2. The molecule has 2 aromatic rings. The van der Waals surface area contributed by atoms with Gasteiger partial charge in [0.2, 0.25) is 11.8 Å². The maximum Gasteiger partial charge on any atom is 0.324 e. The normalized spacial score (nSPS) is 29.2. The molecule has 0 bridgehead atoms. The minimum absolute atomic E-state index is 0.0708. The van der Waals surface area contributed by atoms with Crippen LogP contribution in [0.5, 0.6) is 5.75 Å². The van der Waals surface area contributed by atoms with Gasteiger partial charge in [0.1, 0.15) is 11.3 Å². The van der Waals surface area contributed by atoms with Gasteiger partial charge in [0, 0.05) is 16.6 Å². The van der Waals surface area contributed by atoms with Crippen LogP contribution in [0.3, 0.4) is 0 Å². The van der Waals surface area contributed by atoms with E-state index in [1.54, 1.807) is 42.5 Å². The topological polar surface area (TPSA) is 107 Å². The molecule has 2 fully saturated rings. The van der Waals surface area contributed by atoms with Gasteiger partial charge in [-0.25, -0.2) is 4.90 Å². The number of aromatic hydroxyl groups is 1. The molecule has 4 rings (SSSR count). The summed E-state index contributed by atoms with van der Waals surface area (Å²) in [6, 6.07) is 11.8. The van der Waals surface area contributed by atoms with E-state index in [4.69, 9.17) is 11.6 Å². The lowest BCUT2D eigenvalue weighted by atomic mass is 9.80. The van der Waals surface area contributed by atoms with Crippen LogP contribution in [0.25, 0.3) is 0 Å². The van der Waals surface area contributed by atoms with Gasteiger partial charge in [-0.15, -0.1) is 0 Å². The lowest BCUT2D eigenvalue weighted by Gasteiger charge is -2.27. The maximum absolute atomic E-state index is 13.2. The zero-order valence-corrected chi connectivity index (χ0v) is 15.6. The van der Waals surface area contributed by atoms with Crippen LogP contribution in [0.4, 0.5) is 5.69 Å². The molecule has 2 saturated heterocycles. The van der Waals surface area contributed by atoms with Gasteiger partial charge in [-0.1, -0.05) is 29.8 Å². The Kier molecular flexibility index (Phi) is 4.17. The summed E-state index contributed by atoms with van der Waals surface area (Å²) in [4.78, 5) is 39.5. The summed E-state index contributed by atoms with van der Waals surface area (Å²) in [5.74, 6) is -4.48. The number of phenols is 1. The average Bonchev–Trinajstić information content (AvgIpc) is 3.11. The van der Waals surface area contributed by atoms with E-state index in [0.29, 0.717) is 16.3 Å². The summed E-state index contributed by atoms with van der Waals surface area (Å²) in [5.41, 5.74) is -0.954. The monoisotopic (exact) mass is 400 g/mol. The van der Waals surface area contributed by atoms with E-state index in [1.807, 2.05) is 0 Å². The van der Waals surface area contributed by atoms with E-state index in [9.17, 15) is 24.6 Å². The van der Waals surface area contributed by atoms with Crippen LogP contribution in [0.15, 0.2) is 48.5 Å². The van der Waals surface area contributed by atoms with Gasteiger partial charge in [0.15, 0.2) is 0 Å². The molecule has 8 heteroatoms. The van der Waals surface area contributed by atoms with Crippen LogP contribution in [0.1, 0.15) is 18.5 Å². The summed E-state index contributed by atoms with van der Waals surface area (Å²) in [6.07, 6.45) is 0. The molecule has 0 unspecified atom stereocenters. The number of hydrogen-bond donors (Lipinski definition) is 3. The first-order chi connectivity index (χ1) is 13.3. The van der Waals surface area contributed by atoms with Gasteiger partial charge in [-0.05, 0) is 37.3 Å². The molecule has 7 nitrogen and oxygen atoms in total. The molecule has 2 aromatic carbocycles. The SMILES string of the molecule is C[C@]1(C(=O)O)N[C@H](c2ccccc2O)[C@H]2C(=O)N(c3ccc(Cl)cc3)C(=O)[C@H]21. The predicted molar refractivity (Wildman–Crippen MR) is 101 cm³/mol. The number of phenolic OH excluding ortho intramolecular Hbond substituents is 1. The molecule has 2 amide bonds. The van der Waals surface area contributed by atoms with Gasteiger partial charge < -0.3 is 10.2 Å². The molecular weight excluding hydrogens is 384 g/mol. The second kappa shape index (κ2) is 6.32. The van der Waals surface area contributed by atoms with Crippen molar-refractivity contribution in [1.82, 2.24) is 5.32 Å².